The zero-order valence-corrected chi connectivity index (χ0v) is 8.33. The van der Waals surface area contributed by atoms with Gasteiger partial charge in [0.1, 0.15) is 24.8 Å². The summed E-state index contributed by atoms with van der Waals surface area (Å²) < 4.78 is 5.98. The smallest absolute Gasteiger partial charge is 0.242 e. The number of nitrogens with zero attached hydrogens (tertiary/aromatic N) is 4. The molecule has 84 valence electrons. The maximum absolute atomic E-state index is 11.4. The van der Waals surface area contributed by atoms with Gasteiger partial charge in [0.05, 0.1) is 6.54 Å². The zero-order chi connectivity index (χ0) is 11.4. The quantitative estimate of drug-likeness (QED) is 0.697. The molecule has 16 heavy (non-hydrogen) atoms. The molecule has 0 unspecified atom stereocenters. The molecule has 0 spiro atoms. The Kier molecular flexibility index (Phi) is 2.81. The Morgan fingerprint density at radius 1 is 1.62 bits per heavy atom. The van der Waals surface area contributed by atoms with Crippen molar-refractivity contribution in [3.05, 3.63) is 24.4 Å². The van der Waals surface area contributed by atoms with Crippen LogP contribution in [-0.2, 0) is 17.9 Å². The second-order valence-electron chi connectivity index (χ2n) is 3.07. The Labute approximate surface area is 90.4 Å². The molecule has 0 atom stereocenters. The number of rotatable bonds is 4. The normalized spacial score (nSPS) is 10.2. The van der Waals surface area contributed by atoms with Crippen LogP contribution < -0.4 is 11.1 Å². The molecule has 8 nitrogen and oxygen atoms in total. The van der Waals surface area contributed by atoms with E-state index in [-0.39, 0.29) is 18.4 Å². The Hall–Kier alpha value is -2.38. The summed E-state index contributed by atoms with van der Waals surface area (Å²) in [5.74, 6) is -0.0581. The fraction of sp³-hybridized carbons (Fsp3) is 0.250. The minimum atomic E-state index is -0.201. The van der Waals surface area contributed by atoms with Crippen LogP contribution in [0.4, 0.5) is 5.95 Å². The molecule has 0 aliphatic rings. The highest BCUT2D eigenvalue weighted by Crippen LogP contribution is 1.93. The first-order chi connectivity index (χ1) is 7.74. The van der Waals surface area contributed by atoms with Crippen LogP contribution in [0.5, 0.6) is 0 Å². The van der Waals surface area contributed by atoms with Crippen LogP contribution in [0.3, 0.4) is 0 Å². The number of nitrogen functional groups attached to an aromatic ring is 1. The Balaban J connectivity index is 1.81. The third kappa shape index (κ3) is 2.56. The Morgan fingerprint density at radius 2 is 2.50 bits per heavy atom. The summed E-state index contributed by atoms with van der Waals surface area (Å²) in [6.07, 6.45) is 2.84. The number of carbonyl (C=O) groups excluding carboxylic acids is 1. The number of nitrogens with two attached hydrogens (primary N) is 1. The molecule has 0 bridgehead atoms. The molecule has 2 aromatic rings. The van der Waals surface area contributed by atoms with Crippen molar-refractivity contribution in [2.75, 3.05) is 5.73 Å². The number of carbonyl (C=O) groups is 1. The average molecular weight is 222 g/mol. The lowest BCUT2D eigenvalue weighted by Gasteiger charge is -2.01. The standard InChI is InChI=1S/C8H10N6O2/c9-8-11-5-14(12-8)4-7(15)10-3-6-1-2-16-13-6/h1-2,5H,3-4H2,(H2,9,12)(H,10,15). The molecule has 2 rings (SSSR count). The molecular formula is C8H10N6O2. The van der Waals surface area contributed by atoms with Crippen molar-refractivity contribution < 1.29 is 9.32 Å². The molecule has 0 fully saturated rings. The fourth-order valence-corrected chi connectivity index (χ4v) is 1.11. The lowest BCUT2D eigenvalue weighted by molar-refractivity contribution is -0.122. The maximum atomic E-state index is 11.4. The van der Waals surface area contributed by atoms with E-state index in [1.165, 1.54) is 17.3 Å². The van der Waals surface area contributed by atoms with Crippen molar-refractivity contribution in [1.82, 2.24) is 25.2 Å². The third-order valence-corrected chi connectivity index (χ3v) is 1.82. The number of amides is 1. The minimum Gasteiger partial charge on any atom is -0.367 e. The molecule has 0 saturated carbocycles. The van der Waals surface area contributed by atoms with Gasteiger partial charge in [0.25, 0.3) is 0 Å². The maximum Gasteiger partial charge on any atom is 0.242 e. The van der Waals surface area contributed by atoms with Crippen LogP contribution >= 0.6 is 0 Å². The Bertz CT molecular complexity index is 463. The van der Waals surface area contributed by atoms with Gasteiger partial charge in [-0.25, -0.2) is 9.67 Å². The first-order valence-electron chi connectivity index (χ1n) is 4.55. The summed E-state index contributed by atoms with van der Waals surface area (Å²) in [6, 6.07) is 1.67. The summed E-state index contributed by atoms with van der Waals surface area (Å²) in [5, 5.41) is 10.1. The minimum absolute atomic E-state index is 0.0715. The first kappa shape index (κ1) is 10.1. The molecule has 0 aliphatic heterocycles. The molecule has 8 heteroatoms. The highest BCUT2D eigenvalue weighted by atomic mass is 16.5. The first-order valence-corrected chi connectivity index (χ1v) is 4.55. The van der Waals surface area contributed by atoms with Gasteiger partial charge in [-0.2, -0.15) is 0 Å². The highest BCUT2D eigenvalue weighted by molar-refractivity contribution is 5.75. The van der Waals surface area contributed by atoms with E-state index in [0.717, 1.165) is 0 Å². The molecular weight excluding hydrogens is 212 g/mol. The topological polar surface area (TPSA) is 112 Å². The van der Waals surface area contributed by atoms with E-state index in [2.05, 4.69) is 25.1 Å². The molecule has 0 aromatic carbocycles. The van der Waals surface area contributed by atoms with Crippen molar-refractivity contribution in [2.24, 2.45) is 0 Å². The van der Waals surface area contributed by atoms with Gasteiger partial charge in [-0.3, -0.25) is 4.79 Å². The van der Waals surface area contributed by atoms with Crippen LogP contribution in [0.2, 0.25) is 0 Å². The lowest BCUT2D eigenvalue weighted by atomic mass is 10.4. The highest BCUT2D eigenvalue weighted by Gasteiger charge is 2.05. The van der Waals surface area contributed by atoms with Gasteiger partial charge in [0.2, 0.25) is 11.9 Å². The van der Waals surface area contributed by atoms with Crippen molar-refractivity contribution >= 4 is 11.9 Å². The van der Waals surface area contributed by atoms with Crippen LogP contribution in [0.25, 0.3) is 0 Å². The van der Waals surface area contributed by atoms with Gasteiger partial charge < -0.3 is 15.6 Å². The van der Waals surface area contributed by atoms with Gasteiger partial charge in [-0.1, -0.05) is 5.16 Å². The van der Waals surface area contributed by atoms with Crippen LogP contribution in [0.15, 0.2) is 23.2 Å². The SMILES string of the molecule is Nc1ncn(CC(=O)NCc2ccon2)n1. The van der Waals surface area contributed by atoms with Crippen LogP contribution in [0.1, 0.15) is 5.69 Å². The second kappa shape index (κ2) is 4.43. The van der Waals surface area contributed by atoms with Gasteiger partial charge >= 0.3 is 0 Å². The van der Waals surface area contributed by atoms with E-state index in [9.17, 15) is 4.79 Å². The zero-order valence-electron chi connectivity index (χ0n) is 8.33. The van der Waals surface area contributed by atoms with Crippen molar-refractivity contribution in [3.8, 4) is 0 Å². The summed E-state index contributed by atoms with van der Waals surface area (Å²) in [4.78, 5) is 15.1. The fourth-order valence-electron chi connectivity index (χ4n) is 1.11. The predicted molar refractivity (Wildman–Crippen MR) is 52.8 cm³/mol. The van der Waals surface area contributed by atoms with Gasteiger partial charge in [-0.15, -0.1) is 5.10 Å². The van der Waals surface area contributed by atoms with Gasteiger partial charge in [-0.05, 0) is 0 Å². The molecule has 0 saturated heterocycles. The summed E-state index contributed by atoms with van der Waals surface area (Å²) in [5.41, 5.74) is 5.97. The van der Waals surface area contributed by atoms with Crippen molar-refractivity contribution in [1.29, 1.82) is 0 Å². The van der Waals surface area contributed by atoms with E-state index in [1.807, 2.05) is 0 Å². The van der Waals surface area contributed by atoms with Crippen molar-refractivity contribution in [3.63, 3.8) is 0 Å². The van der Waals surface area contributed by atoms with E-state index < -0.39 is 0 Å². The average Bonchev–Trinajstić information content (AvgIpc) is 2.87. The number of aromatic nitrogens is 4. The molecule has 2 aromatic heterocycles. The molecule has 3 N–H and O–H groups in total. The monoisotopic (exact) mass is 222 g/mol. The van der Waals surface area contributed by atoms with Crippen LogP contribution in [-0.4, -0.2) is 25.8 Å². The number of nitrogens with one attached hydrogen (secondary N) is 1. The van der Waals surface area contributed by atoms with E-state index in [0.29, 0.717) is 12.2 Å². The van der Waals surface area contributed by atoms with Gasteiger partial charge in [0.15, 0.2) is 0 Å². The summed E-state index contributed by atoms with van der Waals surface area (Å²) >= 11 is 0. The molecule has 0 aliphatic carbocycles. The predicted octanol–water partition coefficient (Wildman–Crippen LogP) is -0.835. The van der Waals surface area contributed by atoms with Crippen molar-refractivity contribution in [2.45, 2.75) is 13.1 Å². The largest absolute Gasteiger partial charge is 0.367 e. The summed E-state index contributed by atoms with van der Waals surface area (Å²) in [6.45, 7) is 0.390. The third-order valence-electron chi connectivity index (χ3n) is 1.82. The van der Waals surface area contributed by atoms with E-state index in [4.69, 9.17) is 5.73 Å². The second-order valence-corrected chi connectivity index (χ2v) is 3.07. The molecule has 0 radical (unpaired) electrons. The number of anilines is 1. The van der Waals surface area contributed by atoms with E-state index in [1.54, 1.807) is 6.07 Å². The lowest BCUT2D eigenvalue weighted by Crippen LogP contribution is -2.27. The number of hydrogen-bond acceptors (Lipinski definition) is 6. The molecule has 2 heterocycles. The van der Waals surface area contributed by atoms with Crippen LogP contribution in [0, 0.1) is 0 Å². The van der Waals surface area contributed by atoms with Gasteiger partial charge in [0, 0.05) is 6.07 Å². The molecule has 1 amide bonds. The van der Waals surface area contributed by atoms with E-state index >= 15 is 0 Å². The number of hydrogen-bond donors (Lipinski definition) is 2. The summed E-state index contributed by atoms with van der Waals surface area (Å²) in [7, 11) is 0. The Morgan fingerprint density at radius 3 is 3.12 bits per heavy atom.